The van der Waals surface area contributed by atoms with E-state index in [-0.39, 0.29) is 0 Å². The van der Waals surface area contributed by atoms with Gasteiger partial charge in [-0.05, 0) is 44.4 Å². The Labute approximate surface area is 154 Å². The second-order valence-electron chi connectivity index (χ2n) is 7.20. The molecule has 2 aliphatic heterocycles. The third kappa shape index (κ3) is 3.73. The van der Waals surface area contributed by atoms with Crippen LogP contribution >= 0.6 is 11.3 Å². The highest BCUT2D eigenvalue weighted by Crippen LogP contribution is 2.36. The maximum atomic E-state index is 5.45. The molecule has 2 fully saturated rings. The summed E-state index contributed by atoms with van der Waals surface area (Å²) < 4.78 is 5.45. The fourth-order valence-electron chi connectivity index (χ4n) is 3.96. The quantitative estimate of drug-likeness (QED) is 0.829. The second kappa shape index (κ2) is 7.44. The van der Waals surface area contributed by atoms with E-state index in [4.69, 9.17) is 4.74 Å². The molecule has 1 aromatic heterocycles. The molecule has 0 amide bonds. The molecule has 0 bridgehead atoms. The summed E-state index contributed by atoms with van der Waals surface area (Å²) in [7, 11) is 0. The van der Waals surface area contributed by atoms with Crippen molar-refractivity contribution in [2.24, 2.45) is 0 Å². The molecule has 0 spiro atoms. The Hall–Kier alpha value is -1.43. The molecule has 0 aliphatic carbocycles. The zero-order valence-corrected chi connectivity index (χ0v) is 16.0. The molecule has 25 heavy (non-hydrogen) atoms. The van der Waals surface area contributed by atoms with Crippen LogP contribution in [0.4, 0.5) is 5.13 Å². The third-order valence-electron chi connectivity index (χ3n) is 5.34. The molecule has 2 aromatic rings. The first-order valence-electron chi connectivity index (χ1n) is 9.29. The van der Waals surface area contributed by atoms with E-state index in [9.17, 15) is 0 Å². The fourth-order valence-corrected chi connectivity index (χ4v) is 4.95. The van der Waals surface area contributed by atoms with Crippen LogP contribution in [-0.4, -0.2) is 42.7 Å². The Kier molecular flexibility index (Phi) is 5.06. The van der Waals surface area contributed by atoms with Crippen LogP contribution in [-0.2, 0) is 11.3 Å². The summed E-state index contributed by atoms with van der Waals surface area (Å²) in [4.78, 5) is 11.0. The van der Waals surface area contributed by atoms with Crippen LogP contribution in [0.5, 0.6) is 0 Å². The molecule has 2 saturated heterocycles. The van der Waals surface area contributed by atoms with Gasteiger partial charge in [0.1, 0.15) is 0 Å². The van der Waals surface area contributed by atoms with Crippen molar-refractivity contribution in [2.75, 3.05) is 37.7 Å². The van der Waals surface area contributed by atoms with Crippen LogP contribution in [0.25, 0.3) is 0 Å². The summed E-state index contributed by atoms with van der Waals surface area (Å²) in [5.74, 6) is 0. The number of hydrogen-bond donors (Lipinski definition) is 0. The highest BCUT2D eigenvalue weighted by Gasteiger charge is 2.28. The fraction of sp³-hybridized carbons (Fsp3) is 0.550. The van der Waals surface area contributed by atoms with Crippen LogP contribution in [0.1, 0.15) is 40.5 Å². The minimum absolute atomic E-state index is 0.550. The van der Waals surface area contributed by atoms with E-state index in [1.807, 2.05) is 11.3 Å². The zero-order valence-electron chi connectivity index (χ0n) is 15.2. The van der Waals surface area contributed by atoms with E-state index in [1.165, 1.54) is 41.0 Å². The van der Waals surface area contributed by atoms with Crippen LogP contribution in [0.15, 0.2) is 24.4 Å². The zero-order chi connectivity index (χ0) is 17.2. The van der Waals surface area contributed by atoms with Gasteiger partial charge < -0.3 is 9.64 Å². The molecule has 134 valence electrons. The van der Waals surface area contributed by atoms with Crippen LogP contribution in [0.3, 0.4) is 0 Å². The highest BCUT2D eigenvalue weighted by molar-refractivity contribution is 7.15. The number of thiazole rings is 1. The molecular weight excluding hydrogens is 330 g/mol. The number of benzene rings is 1. The van der Waals surface area contributed by atoms with Crippen molar-refractivity contribution < 1.29 is 4.74 Å². The van der Waals surface area contributed by atoms with Crippen molar-refractivity contribution in [2.45, 2.75) is 39.3 Å². The van der Waals surface area contributed by atoms with Gasteiger partial charge in [-0.25, -0.2) is 4.98 Å². The minimum Gasteiger partial charge on any atom is -0.378 e. The Bertz CT molecular complexity index is 723. The first kappa shape index (κ1) is 17.0. The number of anilines is 1. The van der Waals surface area contributed by atoms with E-state index in [2.05, 4.69) is 53.0 Å². The molecule has 1 aromatic carbocycles. The van der Waals surface area contributed by atoms with Gasteiger partial charge in [-0.1, -0.05) is 23.8 Å². The first-order chi connectivity index (χ1) is 12.2. The first-order valence-corrected chi connectivity index (χ1v) is 10.1. The van der Waals surface area contributed by atoms with Crippen molar-refractivity contribution in [3.8, 4) is 0 Å². The lowest BCUT2D eigenvalue weighted by Gasteiger charge is -2.26. The van der Waals surface area contributed by atoms with Crippen molar-refractivity contribution in [1.82, 2.24) is 9.88 Å². The van der Waals surface area contributed by atoms with Crippen molar-refractivity contribution >= 4 is 16.5 Å². The predicted octanol–water partition coefficient (Wildman–Crippen LogP) is 3.93. The van der Waals surface area contributed by atoms with E-state index < -0.39 is 0 Å². The molecule has 2 aliphatic rings. The summed E-state index contributed by atoms with van der Waals surface area (Å²) in [5.41, 5.74) is 4.29. The number of rotatable bonds is 4. The van der Waals surface area contributed by atoms with E-state index in [1.54, 1.807) is 0 Å². The molecular formula is C20H27N3OS. The Morgan fingerprint density at radius 3 is 2.88 bits per heavy atom. The average Bonchev–Trinajstić information content (AvgIpc) is 3.28. The topological polar surface area (TPSA) is 28.6 Å². The molecule has 5 heteroatoms. The van der Waals surface area contributed by atoms with Gasteiger partial charge in [0.25, 0.3) is 0 Å². The van der Waals surface area contributed by atoms with Gasteiger partial charge in [0.05, 0.1) is 13.2 Å². The van der Waals surface area contributed by atoms with Crippen molar-refractivity contribution in [3.63, 3.8) is 0 Å². The average molecular weight is 358 g/mol. The Morgan fingerprint density at radius 1 is 1.20 bits per heavy atom. The second-order valence-corrected chi connectivity index (χ2v) is 8.29. The van der Waals surface area contributed by atoms with E-state index >= 15 is 0 Å². The number of aryl methyl sites for hydroxylation is 2. The molecule has 0 saturated carbocycles. The summed E-state index contributed by atoms with van der Waals surface area (Å²) >= 11 is 1.85. The monoisotopic (exact) mass is 357 g/mol. The molecule has 0 radical (unpaired) electrons. The molecule has 0 unspecified atom stereocenters. The molecule has 1 atom stereocenters. The number of aromatic nitrogens is 1. The molecule has 0 N–H and O–H groups in total. The molecule has 4 nitrogen and oxygen atoms in total. The van der Waals surface area contributed by atoms with Gasteiger partial charge in [0, 0.05) is 36.8 Å². The summed E-state index contributed by atoms with van der Waals surface area (Å²) in [6.07, 6.45) is 4.63. The largest absolute Gasteiger partial charge is 0.378 e. The normalized spacial score (nSPS) is 21.8. The Balaban J connectivity index is 1.48. The number of morpholine rings is 1. The van der Waals surface area contributed by atoms with E-state index in [0.29, 0.717) is 6.04 Å². The van der Waals surface area contributed by atoms with Gasteiger partial charge in [0.2, 0.25) is 0 Å². The number of likely N-dealkylation sites (tertiary alicyclic amines) is 1. The lowest BCUT2D eigenvalue weighted by molar-refractivity contribution is 0.122. The maximum Gasteiger partial charge on any atom is 0.185 e. The summed E-state index contributed by atoms with van der Waals surface area (Å²) in [6.45, 7) is 10.2. The molecule has 4 rings (SSSR count). The van der Waals surface area contributed by atoms with Crippen LogP contribution in [0.2, 0.25) is 0 Å². The standard InChI is InChI=1S/C20H27N3OS/c1-15-5-6-16(2)18(12-15)19-4-3-7-23(19)14-17-13-21-20(25-17)22-8-10-24-11-9-22/h5-6,12-13,19H,3-4,7-11,14H2,1-2H3/t19-/m0/s1. The molecule has 3 heterocycles. The maximum absolute atomic E-state index is 5.45. The minimum atomic E-state index is 0.550. The van der Waals surface area contributed by atoms with Crippen molar-refractivity contribution in [1.29, 1.82) is 0 Å². The van der Waals surface area contributed by atoms with Gasteiger partial charge >= 0.3 is 0 Å². The smallest absolute Gasteiger partial charge is 0.185 e. The van der Waals surface area contributed by atoms with Crippen molar-refractivity contribution in [3.05, 3.63) is 46.0 Å². The summed E-state index contributed by atoms with van der Waals surface area (Å²) in [6, 6.07) is 7.42. The van der Waals surface area contributed by atoms with Gasteiger partial charge in [0.15, 0.2) is 5.13 Å². The lowest BCUT2D eigenvalue weighted by Crippen LogP contribution is -2.36. The number of nitrogens with zero attached hydrogens (tertiary/aromatic N) is 3. The van der Waals surface area contributed by atoms with Crippen LogP contribution in [0, 0.1) is 13.8 Å². The SMILES string of the molecule is Cc1ccc(C)c([C@@H]2CCCN2Cc2cnc(N3CCOCC3)s2)c1. The van der Waals surface area contributed by atoms with E-state index in [0.717, 1.165) is 38.0 Å². The number of ether oxygens (including phenoxy) is 1. The van der Waals surface area contributed by atoms with Gasteiger partial charge in [-0.3, -0.25) is 4.90 Å². The van der Waals surface area contributed by atoms with Gasteiger partial charge in [-0.2, -0.15) is 0 Å². The lowest BCUT2D eigenvalue weighted by atomic mass is 9.97. The third-order valence-corrected chi connectivity index (χ3v) is 6.38. The Morgan fingerprint density at radius 2 is 2.04 bits per heavy atom. The summed E-state index contributed by atoms with van der Waals surface area (Å²) in [5, 5.41) is 1.15. The number of hydrogen-bond acceptors (Lipinski definition) is 5. The van der Waals surface area contributed by atoms with Gasteiger partial charge in [-0.15, -0.1) is 11.3 Å². The van der Waals surface area contributed by atoms with Crippen LogP contribution < -0.4 is 4.90 Å². The highest BCUT2D eigenvalue weighted by atomic mass is 32.1. The predicted molar refractivity (Wildman–Crippen MR) is 103 cm³/mol.